The van der Waals surface area contributed by atoms with E-state index in [1.165, 1.54) is 30.6 Å². The van der Waals surface area contributed by atoms with Crippen molar-refractivity contribution in [3.63, 3.8) is 0 Å². The highest BCUT2D eigenvalue weighted by Crippen LogP contribution is 2.22. The second kappa shape index (κ2) is 7.93. The van der Waals surface area contributed by atoms with Crippen LogP contribution in [0.25, 0.3) is 0 Å². The number of aromatic nitrogens is 2. The van der Waals surface area contributed by atoms with E-state index in [0.717, 1.165) is 11.1 Å². The van der Waals surface area contributed by atoms with Gasteiger partial charge in [-0.3, -0.25) is 4.79 Å². The van der Waals surface area contributed by atoms with Gasteiger partial charge in [0.05, 0.1) is 5.02 Å². The van der Waals surface area contributed by atoms with Crippen molar-refractivity contribution in [2.45, 2.75) is 13.5 Å². The summed E-state index contributed by atoms with van der Waals surface area (Å²) in [6.07, 6.45) is 1.29. The molecule has 0 saturated carbocycles. The van der Waals surface area contributed by atoms with Crippen molar-refractivity contribution >= 4 is 29.0 Å². The van der Waals surface area contributed by atoms with E-state index in [2.05, 4.69) is 20.6 Å². The molecule has 0 radical (unpaired) electrons. The van der Waals surface area contributed by atoms with Gasteiger partial charge in [0.2, 0.25) is 0 Å². The minimum Gasteiger partial charge on any atom is -0.347 e. The summed E-state index contributed by atoms with van der Waals surface area (Å²) in [7, 11) is 0. The largest absolute Gasteiger partial charge is 0.347 e. The first kappa shape index (κ1) is 17.8. The Hall–Kier alpha value is -2.99. The predicted molar refractivity (Wildman–Crippen MR) is 99.1 cm³/mol. The molecule has 1 aromatic heterocycles. The van der Waals surface area contributed by atoms with Crippen molar-refractivity contribution in [3.8, 4) is 0 Å². The van der Waals surface area contributed by atoms with Gasteiger partial charge in [-0.05, 0) is 36.2 Å². The van der Waals surface area contributed by atoms with Gasteiger partial charge in [0.25, 0.3) is 5.91 Å². The van der Waals surface area contributed by atoms with Crippen molar-refractivity contribution in [3.05, 3.63) is 82.5 Å². The monoisotopic (exact) mass is 370 g/mol. The molecule has 3 aromatic rings. The van der Waals surface area contributed by atoms with Crippen LogP contribution in [0.3, 0.4) is 0 Å². The summed E-state index contributed by atoms with van der Waals surface area (Å²) in [5, 5.41) is 5.80. The van der Waals surface area contributed by atoms with Crippen LogP contribution >= 0.6 is 11.6 Å². The Labute approximate surface area is 155 Å². The third kappa shape index (κ3) is 4.34. The number of nitrogens with one attached hydrogen (secondary N) is 2. The maximum Gasteiger partial charge on any atom is 0.270 e. The predicted octanol–water partition coefficient (Wildman–Crippen LogP) is 4.25. The maximum absolute atomic E-state index is 13.2. The lowest BCUT2D eigenvalue weighted by Gasteiger charge is -2.09. The zero-order valence-electron chi connectivity index (χ0n) is 14.0. The van der Waals surface area contributed by atoms with E-state index in [1.54, 1.807) is 0 Å². The molecule has 0 atom stereocenters. The van der Waals surface area contributed by atoms with E-state index >= 15 is 0 Å². The SMILES string of the molecule is Cc1ccccc1CNC(=O)c1cc(Nc2ccc(F)c(Cl)c2)ncn1. The highest BCUT2D eigenvalue weighted by molar-refractivity contribution is 6.31. The molecule has 1 heterocycles. The minimum absolute atomic E-state index is 0.000235. The third-order valence-corrected chi connectivity index (χ3v) is 4.08. The van der Waals surface area contributed by atoms with Crippen LogP contribution in [0.4, 0.5) is 15.9 Å². The Morgan fingerprint density at radius 3 is 2.73 bits per heavy atom. The van der Waals surface area contributed by atoms with Crippen LogP contribution in [0.5, 0.6) is 0 Å². The first-order chi connectivity index (χ1) is 12.5. The van der Waals surface area contributed by atoms with E-state index in [0.29, 0.717) is 18.1 Å². The average molecular weight is 371 g/mol. The molecule has 0 aliphatic heterocycles. The van der Waals surface area contributed by atoms with Gasteiger partial charge in [-0.25, -0.2) is 14.4 Å². The van der Waals surface area contributed by atoms with Crippen LogP contribution in [-0.4, -0.2) is 15.9 Å². The molecule has 5 nitrogen and oxygen atoms in total. The molecule has 132 valence electrons. The first-order valence-electron chi connectivity index (χ1n) is 7.90. The molecule has 1 amide bonds. The summed E-state index contributed by atoms with van der Waals surface area (Å²) in [6, 6.07) is 13.6. The number of aryl methyl sites for hydroxylation is 1. The van der Waals surface area contributed by atoms with Crippen LogP contribution in [0.15, 0.2) is 54.9 Å². The molecule has 0 bridgehead atoms. The van der Waals surface area contributed by atoms with E-state index in [-0.39, 0.29) is 16.6 Å². The summed E-state index contributed by atoms with van der Waals surface area (Å²) in [5.41, 5.74) is 2.92. The van der Waals surface area contributed by atoms with Crippen LogP contribution in [0.2, 0.25) is 5.02 Å². The number of rotatable bonds is 5. The topological polar surface area (TPSA) is 66.9 Å². The summed E-state index contributed by atoms with van der Waals surface area (Å²) in [5.74, 6) is -0.407. The minimum atomic E-state index is -0.504. The zero-order valence-corrected chi connectivity index (χ0v) is 14.7. The molecule has 0 fully saturated rings. The second-order valence-corrected chi connectivity index (χ2v) is 6.06. The number of carbonyl (C=O) groups excluding carboxylic acids is 1. The Kier molecular flexibility index (Phi) is 5.43. The summed E-state index contributed by atoms with van der Waals surface area (Å²) in [4.78, 5) is 20.4. The molecule has 0 aliphatic rings. The molecule has 2 aromatic carbocycles. The van der Waals surface area contributed by atoms with Gasteiger partial charge < -0.3 is 10.6 Å². The van der Waals surface area contributed by atoms with E-state index in [4.69, 9.17) is 11.6 Å². The fraction of sp³-hybridized carbons (Fsp3) is 0.105. The standard InChI is InChI=1S/C19H16ClFN4O/c1-12-4-2-3-5-13(12)10-22-19(26)17-9-18(24-11-23-17)25-14-6-7-16(21)15(20)8-14/h2-9,11H,10H2,1H3,(H,22,26)(H,23,24,25). The highest BCUT2D eigenvalue weighted by Gasteiger charge is 2.10. The number of nitrogens with zero attached hydrogens (tertiary/aromatic N) is 2. The van der Waals surface area contributed by atoms with Crippen LogP contribution in [0, 0.1) is 12.7 Å². The number of amides is 1. The Morgan fingerprint density at radius 2 is 1.96 bits per heavy atom. The number of hydrogen-bond donors (Lipinski definition) is 2. The van der Waals surface area contributed by atoms with Gasteiger partial charge in [0.15, 0.2) is 0 Å². The van der Waals surface area contributed by atoms with Crippen LogP contribution in [0.1, 0.15) is 21.6 Å². The van der Waals surface area contributed by atoms with E-state index < -0.39 is 5.82 Å². The van der Waals surface area contributed by atoms with Gasteiger partial charge >= 0.3 is 0 Å². The summed E-state index contributed by atoms with van der Waals surface area (Å²) < 4.78 is 13.2. The first-order valence-corrected chi connectivity index (χ1v) is 8.27. The van der Waals surface area contributed by atoms with Gasteiger partial charge in [-0.1, -0.05) is 35.9 Å². The number of hydrogen-bond acceptors (Lipinski definition) is 4. The fourth-order valence-corrected chi connectivity index (χ4v) is 2.53. The summed E-state index contributed by atoms with van der Waals surface area (Å²) in [6.45, 7) is 2.40. The number of benzene rings is 2. The molecule has 0 spiro atoms. The number of halogens is 2. The Morgan fingerprint density at radius 1 is 1.15 bits per heavy atom. The van der Waals surface area contributed by atoms with Gasteiger partial charge in [-0.2, -0.15) is 0 Å². The average Bonchev–Trinajstić information content (AvgIpc) is 2.64. The Balaban J connectivity index is 1.69. The van der Waals surface area contributed by atoms with E-state index in [9.17, 15) is 9.18 Å². The Bertz CT molecular complexity index is 948. The molecule has 7 heteroatoms. The van der Waals surface area contributed by atoms with Gasteiger partial charge in [0.1, 0.15) is 23.7 Å². The van der Waals surface area contributed by atoms with Crippen molar-refractivity contribution < 1.29 is 9.18 Å². The lowest BCUT2D eigenvalue weighted by molar-refractivity contribution is 0.0945. The second-order valence-electron chi connectivity index (χ2n) is 5.65. The highest BCUT2D eigenvalue weighted by atomic mass is 35.5. The summed E-state index contributed by atoms with van der Waals surface area (Å²) >= 11 is 5.76. The third-order valence-electron chi connectivity index (χ3n) is 3.79. The van der Waals surface area contributed by atoms with Crippen molar-refractivity contribution in [1.82, 2.24) is 15.3 Å². The zero-order chi connectivity index (χ0) is 18.5. The van der Waals surface area contributed by atoms with Gasteiger partial charge in [-0.15, -0.1) is 0 Å². The maximum atomic E-state index is 13.2. The number of carbonyl (C=O) groups is 1. The number of anilines is 2. The molecular formula is C19H16ClFN4O. The van der Waals surface area contributed by atoms with Crippen molar-refractivity contribution in [1.29, 1.82) is 0 Å². The molecule has 26 heavy (non-hydrogen) atoms. The molecule has 2 N–H and O–H groups in total. The lowest BCUT2D eigenvalue weighted by atomic mass is 10.1. The normalized spacial score (nSPS) is 10.4. The molecule has 3 rings (SSSR count). The van der Waals surface area contributed by atoms with Gasteiger partial charge in [0, 0.05) is 18.3 Å². The molecule has 0 saturated heterocycles. The molecular weight excluding hydrogens is 355 g/mol. The fourth-order valence-electron chi connectivity index (χ4n) is 2.35. The van der Waals surface area contributed by atoms with Crippen molar-refractivity contribution in [2.24, 2.45) is 0 Å². The molecule has 0 aliphatic carbocycles. The lowest BCUT2D eigenvalue weighted by Crippen LogP contribution is -2.24. The van der Waals surface area contributed by atoms with Crippen molar-refractivity contribution in [2.75, 3.05) is 5.32 Å². The van der Waals surface area contributed by atoms with Crippen LogP contribution < -0.4 is 10.6 Å². The smallest absolute Gasteiger partial charge is 0.270 e. The quantitative estimate of drug-likeness (QED) is 0.704. The van der Waals surface area contributed by atoms with Crippen LogP contribution in [-0.2, 0) is 6.54 Å². The van der Waals surface area contributed by atoms with E-state index in [1.807, 2.05) is 31.2 Å². The molecule has 0 unspecified atom stereocenters.